The molecule has 1 fully saturated rings. The molecule has 0 saturated carbocycles. The molecule has 1 aromatic carbocycles. The van der Waals surface area contributed by atoms with E-state index >= 15 is 0 Å². The lowest BCUT2D eigenvalue weighted by Crippen LogP contribution is -2.55. The Balaban J connectivity index is 2.13. The van der Waals surface area contributed by atoms with Crippen LogP contribution in [0.2, 0.25) is 5.02 Å². The fraction of sp³-hybridized carbons (Fsp3) is 0.526. The van der Waals surface area contributed by atoms with Crippen LogP contribution in [0, 0.1) is 5.41 Å². The highest BCUT2D eigenvalue weighted by molar-refractivity contribution is 6.31. The lowest BCUT2D eigenvalue weighted by molar-refractivity contribution is -0.159. The van der Waals surface area contributed by atoms with Crippen LogP contribution in [0.15, 0.2) is 18.2 Å². The molecule has 1 aliphatic rings. The number of esters is 1. The molecule has 1 unspecified atom stereocenters. The molecule has 1 aromatic rings. The van der Waals surface area contributed by atoms with Gasteiger partial charge in [-0.3, -0.25) is 10.3 Å². The van der Waals surface area contributed by atoms with Gasteiger partial charge < -0.3 is 10.1 Å². The van der Waals surface area contributed by atoms with Crippen molar-refractivity contribution in [3.05, 3.63) is 34.3 Å². The smallest absolute Gasteiger partial charge is 0.417 e. The van der Waals surface area contributed by atoms with E-state index in [0.717, 1.165) is 17.0 Å². The summed E-state index contributed by atoms with van der Waals surface area (Å²) in [6, 6.07) is 1.64. The lowest BCUT2D eigenvalue weighted by Gasteiger charge is -2.35. The third-order valence-electron chi connectivity index (χ3n) is 4.17. The molecule has 0 radical (unpaired) electrons. The highest BCUT2D eigenvalue weighted by Gasteiger charge is 2.38. The summed E-state index contributed by atoms with van der Waals surface area (Å²) in [6.07, 6.45) is -3.41. The zero-order valence-electron chi connectivity index (χ0n) is 16.3. The van der Waals surface area contributed by atoms with Crippen molar-refractivity contribution in [2.24, 2.45) is 0 Å². The number of hydrogen-bond donors (Lipinski definition) is 2. The molecule has 0 aliphatic carbocycles. The maximum atomic E-state index is 13.0. The number of nitrogens with one attached hydrogen (secondary N) is 2. The highest BCUT2D eigenvalue weighted by Crippen LogP contribution is 2.35. The number of benzene rings is 1. The van der Waals surface area contributed by atoms with E-state index in [9.17, 15) is 22.8 Å². The average molecular weight is 434 g/mol. The van der Waals surface area contributed by atoms with Crippen LogP contribution in [0.1, 0.15) is 51.2 Å². The topological polar surface area (TPSA) is 82.5 Å². The summed E-state index contributed by atoms with van der Waals surface area (Å²) >= 11 is 5.60. The quantitative estimate of drug-likeness (QED) is 0.675. The molecule has 2 N–H and O–H groups in total. The Bertz CT molecular complexity index is 806. The summed E-state index contributed by atoms with van der Waals surface area (Å²) in [4.78, 5) is 26.1. The second kappa shape index (κ2) is 8.61. The van der Waals surface area contributed by atoms with Crippen LogP contribution in [-0.2, 0) is 22.3 Å². The van der Waals surface area contributed by atoms with E-state index in [0.29, 0.717) is 19.3 Å². The minimum Gasteiger partial charge on any atom is -0.458 e. The maximum absolute atomic E-state index is 13.0. The van der Waals surface area contributed by atoms with Gasteiger partial charge in [0.1, 0.15) is 17.5 Å². The molecule has 1 saturated heterocycles. The molecule has 29 heavy (non-hydrogen) atoms. The van der Waals surface area contributed by atoms with E-state index in [1.807, 2.05) is 0 Å². The normalized spacial score (nSPS) is 17.8. The molecule has 1 atom stereocenters. The number of amides is 2. The molecule has 0 spiro atoms. The first kappa shape index (κ1) is 23.0. The Morgan fingerprint density at radius 1 is 1.31 bits per heavy atom. The van der Waals surface area contributed by atoms with E-state index in [-0.39, 0.29) is 17.9 Å². The number of urea groups is 1. The van der Waals surface area contributed by atoms with Crippen molar-refractivity contribution in [3.8, 4) is 0 Å². The molecule has 10 heteroatoms. The fourth-order valence-corrected chi connectivity index (χ4v) is 3.14. The molecule has 2 rings (SSSR count). The Morgan fingerprint density at radius 2 is 1.97 bits per heavy atom. The first-order valence-electron chi connectivity index (χ1n) is 9.02. The molecular formula is C19H23ClF3N3O3. The Morgan fingerprint density at radius 3 is 2.55 bits per heavy atom. The van der Waals surface area contributed by atoms with E-state index in [1.54, 1.807) is 20.8 Å². The maximum Gasteiger partial charge on any atom is 0.417 e. The molecular weight excluding hydrogens is 411 g/mol. The van der Waals surface area contributed by atoms with E-state index < -0.39 is 40.4 Å². The van der Waals surface area contributed by atoms with E-state index in [2.05, 4.69) is 5.32 Å². The number of alkyl halides is 3. The van der Waals surface area contributed by atoms with Gasteiger partial charge in [0.05, 0.1) is 10.6 Å². The molecule has 6 nitrogen and oxygen atoms in total. The third-order valence-corrected chi connectivity index (χ3v) is 4.50. The fourth-order valence-electron chi connectivity index (χ4n) is 2.92. The van der Waals surface area contributed by atoms with Gasteiger partial charge in [-0.2, -0.15) is 13.2 Å². The molecule has 0 bridgehead atoms. The van der Waals surface area contributed by atoms with Crippen LogP contribution < -0.4 is 5.32 Å². The number of piperidine rings is 1. The van der Waals surface area contributed by atoms with Crippen LogP contribution in [0.4, 0.5) is 18.0 Å². The number of nitrogens with zero attached hydrogens (tertiary/aromatic N) is 1. The number of likely N-dealkylation sites (tertiary alicyclic amines) is 1. The summed E-state index contributed by atoms with van der Waals surface area (Å²) in [5, 5.41) is 10.1. The first-order chi connectivity index (χ1) is 13.3. The van der Waals surface area contributed by atoms with Crippen LogP contribution in [-0.4, -0.2) is 34.4 Å². The zero-order valence-corrected chi connectivity index (χ0v) is 17.1. The van der Waals surface area contributed by atoms with Crippen molar-refractivity contribution in [2.75, 3.05) is 0 Å². The van der Waals surface area contributed by atoms with Crippen molar-refractivity contribution in [2.45, 2.75) is 64.4 Å². The van der Waals surface area contributed by atoms with Gasteiger partial charge in [-0.15, -0.1) is 0 Å². The molecule has 2 amide bonds. The monoisotopic (exact) mass is 433 g/mol. The Kier molecular flexibility index (Phi) is 6.82. The van der Waals surface area contributed by atoms with Gasteiger partial charge in [0.2, 0.25) is 0 Å². The van der Waals surface area contributed by atoms with Crippen molar-refractivity contribution in [1.29, 1.82) is 5.41 Å². The summed E-state index contributed by atoms with van der Waals surface area (Å²) in [5.41, 5.74) is -1.56. The van der Waals surface area contributed by atoms with Crippen LogP contribution in [0.3, 0.4) is 0 Å². The standard InChI is InChI=1S/C19H23ClF3N3O3/c1-18(2,3)29-16(27)14-5-4-6-15(24)26(14)17(28)25-10-11-7-8-13(20)12(9-11)19(21,22)23/h7-9,14,24H,4-6,10H2,1-3H3,(H,25,28). The van der Waals surface area contributed by atoms with Crippen molar-refractivity contribution in [1.82, 2.24) is 10.2 Å². The number of amidine groups is 1. The minimum absolute atomic E-state index is 0.0447. The second-order valence-electron chi connectivity index (χ2n) is 7.73. The van der Waals surface area contributed by atoms with Gasteiger partial charge in [-0.05, 0) is 51.3 Å². The van der Waals surface area contributed by atoms with Crippen LogP contribution in [0.5, 0.6) is 0 Å². The van der Waals surface area contributed by atoms with Crippen molar-refractivity contribution < 1.29 is 27.5 Å². The molecule has 160 valence electrons. The van der Waals surface area contributed by atoms with Crippen molar-refractivity contribution in [3.63, 3.8) is 0 Å². The average Bonchev–Trinajstić information content (AvgIpc) is 2.58. The van der Waals surface area contributed by atoms with Gasteiger partial charge in [0.15, 0.2) is 0 Å². The van der Waals surface area contributed by atoms with E-state index in [1.165, 1.54) is 6.07 Å². The molecule has 1 heterocycles. The molecule has 1 aliphatic heterocycles. The SMILES string of the molecule is CC(C)(C)OC(=O)C1CCCC(=N)N1C(=O)NCc1ccc(Cl)c(C(F)(F)F)c1. The molecule has 0 aromatic heterocycles. The highest BCUT2D eigenvalue weighted by atomic mass is 35.5. The number of halogens is 4. The predicted octanol–water partition coefficient (Wildman–Crippen LogP) is 4.74. The lowest BCUT2D eigenvalue weighted by atomic mass is 10.0. The summed E-state index contributed by atoms with van der Waals surface area (Å²) in [6.45, 7) is 4.87. The first-order valence-corrected chi connectivity index (χ1v) is 9.40. The van der Waals surface area contributed by atoms with Crippen molar-refractivity contribution >= 4 is 29.4 Å². The number of ether oxygens (including phenoxy) is 1. The van der Waals surface area contributed by atoms with E-state index in [4.69, 9.17) is 21.7 Å². The summed E-state index contributed by atoms with van der Waals surface area (Å²) < 4.78 is 44.3. The van der Waals surface area contributed by atoms with Gasteiger partial charge in [-0.25, -0.2) is 9.59 Å². The third kappa shape index (κ3) is 6.09. The largest absolute Gasteiger partial charge is 0.458 e. The number of carbonyl (C=O) groups is 2. The van der Waals surface area contributed by atoms with Gasteiger partial charge in [0, 0.05) is 13.0 Å². The van der Waals surface area contributed by atoms with Gasteiger partial charge >= 0.3 is 18.2 Å². The summed E-state index contributed by atoms with van der Waals surface area (Å²) in [7, 11) is 0. The predicted molar refractivity (Wildman–Crippen MR) is 102 cm³/mol. The summed E-state index contributed by atoms with van der Waals surface area (Å²) in [5.74, 6) is -0.667. The number of rotatable bonds is 3. The Hall–Kier alpha value is -2.29. The van der Waals surface area contributed by atoms with Crippen LogP contribution in [0.25, 0.3) is 0 Å². The zero-order chi connectivity index (χ0) is 22.0. The van der Waals surface area contributed by atoms with Gasteiger partial charge in [0.25, 0.3) is 0 Å². The Labute approximate surface area is 171 Å². The van der Waals surface area contributed by atoms with Gasteiger partial charge in [-0.1, -0.05) is 17.7 Å². The second-order valence-corrected chi connectivity index (χ2v) is 8.14. The van der Waals surface area contributed by atoms with Crippen LogP contribution >= 0.6 is 11.6 Å². The minimum atomic E-state index is -4.62. The number of carbonyl (C=O) groups excluding carboxylic acids is 2. The number of hydrogen-bond acceptors (Lipinski definition) is 4.